The zero-order valence-corrected chi connectivity index (χ0v) is 10.5. The van der Waals surface area contributed by atoms with Crippen molar-refractivity contribution >= 4 is 16.8 Å². The fraction of sp³-hybridized carbons (Fsp3) is 0.900. The molecule has 0 aliphatic rings. The molecule has 0 rings (SSSR count). The SMILES string of the molecule is CCCCC(NCC(C)S(C)=O)C(=O)O. The molecule has 0 radical (unpaired) electrons. The van der Waals surface area contributed by atoms with E-state index >= 15 is 0 Å². The highest BCUT2D eigenvalue weighted by Gasteiger charge is 2.17. The fourth-order valence-electron chi connectivity index (χ4n) is 1.15. The first-order chi connectivity index (χ1) is 6.99. The zero-order valence-electron chi connectivity index (χ0n) is 9.66. The number of rotatable bonds is 8. The molecule has 3 atom stereocenters. The van der Waals surface area contributed by atoms with Crippen LogP contribution in [0.4, 0.5) is 0 Å². The van der Waals surface area contributed by atoms with Crippen molar-refractivity contribution in [3.05, 3.63) is 0 Å². The maximum absolute atomic E-state index is 11.1. The van der Waals surface area contributed by atoms with Crippen LogP contribution in [0.15, 0.2) is 0 Å². The van der Waals surface area contributed by atoms with E-state index in [0.29, 0.717) is 13.0 Å². The van der Waals surface area contributed by atoms with E-state index in [9.17, 15) is 9.00 Å². The minimum atomic E-state index is -0.901. The van der Waals surface area contributed by atoms with Crippen molar-refractivity contribution in [1.82, 2.24) is 5.32 Å². The number of unbranched alkanes of at least 4 members (excludes halogenated alkanes) is 1. The Kier molecular flexibility index (Phi) is 7.60. The quantitative estimate of drug-likeness (QED) is 0.658. The van der Waals surface area contributed by atoms with Crippen molar-refractivity contribution in [2.24, 2.45) is 0 Å². The average Bonchev–Trinajstić information content (AvgIpc) is 2.16. The van der Waals surface area contributed by atoms with Crippen LogP contribution in [0, 0.1) is 0 Å². The van der Waals surface area contributed by atoms with Gasteiger partial charge in [-0.15, -0.1) is 0 Å². The molecule has 4 nitrogen and oxygen atoms in total. The van der Waals surface area contributed by atoms with Gasteiger partial charge in [-0.2, -0.15) is 0 Å². The monoisotopic (exact) mass is 235 g/mol. The number of hydrogen-bond acceptors (Lipinski definition) is 3. The van der Waals surface area contributed by atoms with Crippen LogP contribution in [0.2, 0.25) is 0 Å². The molecule has 0 amide bonds. The van der Waals surface area contributed by atoms with E-state index in [1.807, 2.05) is 13.8 Å². The Morgan fingerprint density at radius 3 is 2.53 bits per heavy atom. The van der Waals surface area contributed by atoms with E-state index in [1.54, 1.807) is 6.26 Å². The van der Waals surface area contributed by atoms with Crippen LogP contribution in [0.3, 0.4) is 0 Å². The molecule has 0 aromatic rings. The largest absolute Gasteiger partial charge is 0.480 e. The second kappa shape index (κ2) is 7.82. The molecule has 0 bridgehead atoms. The third-order valence-corrected chi connectivity index (χ3v) is 3.66. The maximum Gasteiger partial charge on any atom is 0.320 e. The highest BCUT2D eigenvalue weighted by molar-refractivity contribution is 7.84. The third-order valence-electron chi connectivity index (χ3n) is 2.36. The molecule has 5 heteroatoms. The first-order valence-corrected chi connectivity index (χ1v) is 6.89. The van der Waals surface area contributed by atoms with Crippen molar-refractivity contribution in [2.75, 3.05) is 12.8 Å². The lowest BCUT2D eigenvalue weighted by molar-refractivity contribution is -0.139. The summed E-state index contributed by atoms with van der Waals surface area (Å²) >= 11 is 0. The van der Waals surface area contributed by atoms with Crippen molar-refractivity contribution in [2.45, 2.75) is 44.4 Å². The molecule has 0 fully saturated rings. The lowest BCUT2D eigenvalue weighted by atomic mass is 10.1. The van der Waals surface area contributed by atoms with Gasteiger partial charge in [0.25, 0.3) is 0 Å². The number of carboxylic acids is 1. The summed E-state index contributed by atoms with van der Waals surface area (Å²) in [6.07, 6.45) is 4.15. The van der Waals surface area contributed by atoms with E-state index in [1.165, 1.54) is 0 Å². The van der Waals surface area contributed by atoms with Gasteiger partial charge in [0.05, 0.1) is 0 Å². The summed E-state index contributed by atoms with van der Waals surface area (Å²) < 4.78 is 11.1. The predicted molar refractivity (Wildman–Crippen MR) is 62.5 cm³/mol. The van der Waals surface area contributed by atoms with Crippen LogP contribution in [-0.2, 0) is 15.6 Å². The van der Waals surface area contributed by atoms with Crippen LogP contribution in [0.1, 0.15) is 33.1 Å². The Morgan fingerprint density at radius 2 is 2.13 bits per heavy atom. The van der Waals surface area contributed by atoms with Crippen LogP contribution in [0.5, 0.6) is 0 Å². The predicted octanol–water partition coefficient (Wildman–Crippen LogP) is 0.986. The van der Waals surface area contributed by atoms with Gasteiger partial charge >= 0.3 is 5.97 Å². The summed E-state index contributed by atoms with van der Waals surface area (Å²) in [7, 11) is -0.901. The summed E-state index contributed by atoms with van der Waals surface area (Å²) in [5.41, 5.74) is 0. The number of carboxylic acid groups (broad SMARTS) is 1. The van der Waals surface area contributed by atoms with Crippen molar-refractivity contribution in [3.63, 3.8) is 0 Å². The zero-order chi connectivity index (χ0) is 11.8. The van der Waals surface area contributed by atoms with Gasteiger partial charge in [0.15, 0.2) is 0 Å². The van der Waals surface area contributed by atoms with E-state index in [2.05, 4.69) is 5.32 Å². The minimum absolute atomic E-state index is 0.00604. The molecule has 0 saturated heterocycles. The summed E-state index contributed by atoms with van der Waals surface area (Å²) in [4.78, 5) is 10.8. The van der Waals surface area contributed by atoms with Gasteiger partial charge in [-0.25, -0.2) is 0 Å². The molecular formula is C10H21NO3S. The Morgan fingerprint density at radius 1 is 1.53 bits per heavy atom. The summed E-state index contributed by atoms with van der Waals surface area (Å²) in [6.45, 7) is 4.37. The fourth-order valence-corrected chi connectivity index (χ4v) is 1.48. The Labute approximate surface area is 93.9 Å². The molecule has 15 heavy (non-hydrogen) atoms. The van der Waals surface area contributed by atoms with Crippen molar-refractivity contribution < 1.29 is 14.1 Å². The first kappa shape index (κ1) is 14.6. The third kappa shape index (κ3) is 6.62. The van der Waals surface area contributed by atoms with Gasteiger partial charge in [-0.05, 0) is 13.3 Å². The van der Waals surface area contributed by atoms with Crippen LogP contribution >= 0.6 is 0 Å². The van der Waals surface area contributed by atoms with Gasteiger partial charge in [0.1, 0.15) is 6.04 Å². The highest BCUT2D eigenvalue weighted by atomic mass is 32.2. The molecule has 0 aliphatic heterocycles. The minimum Gasteiger partial charge on any atom is -0.480 e. The van der Waals surface area contributed by atoms with E-state index in [4.69, 9.17) is 5.11 Å². The Balaban J connectivity index is 3.95. The molecule has 0 heterocycles. The lowest BCUT2D eigenvalue weighted by Crippen LogP contribution is -2.41. The van der Waals surface area contributed by atoms with Gasteiger partial charge in [0, 0.05) is 28.9 Å². The first-order valence-electron chi connectivity index (χ1n) is 5.27. The van der Waals surface area contributed by atoms with Crippen LogP contribution in [0.25, 0.3) is 0 Å². The highest BCUT2D eigenvalue weighted by Crippen LogP contribution is 2.01. The molecule has 0 aromatic carbocycles. The Bertz CT molecular complexity index is 221. The molecular weight excluding hydrogens is 214 g/mol. The second-order valence-electron chi connectivity index (χ2n) is 3.75. The molecule has 0 saturated carbocycles. The van der Waals surface area contributed by atoms with Crippen LogP contribution in [-0.4, -0.2) is 39.4 Å². The number of nitrogens with one attached hydrogen (secondary N) is 1. The Hall–Kier alpha value is -0.420. The summed E-state index contributed by atoms with van der Waals surface area (Å²) in [5, 5.41) is 11.8. The van der Waals surface area contributed by atoms with E-state index in [0.717, 1.165) is 12.8 Å². The summed E-state index contributed by atoms with van der Waals surface area (Å²) in [5.74, 6) is -0.822. The standard InChI is InChI=1S/C10H21NO3S/c1-4-5-6-9(10(12)13)11-7-8(2)15(3)14/h8-9,11H,4-7H2,1-3H3,(H,12,13). The molecule has 90 valence electrons. The van der Waals surface area contributed by atoms with E-state index < -0.39 is 22.8 Å². The molecule has 0 aliphatic carbocycles. The van der Waals surface area contributed by atoms with Gasteiger partial charge in [-0.1, -0.05) is 19.8 Å². The van der Waals surface area contributed by atoms with Crippen molar-refractivity contribution in [3.8, 4) is 0 Å². The van der Waals surface area contributed by atoms with Gasteiger partial charge in [0.2, 0.25) is 0 Å². The van der Waals surface area contributed by atoms with Crippen molar-refractivity contribution in [1.29, 1.82) is 0 Å². The number of carbonyl (C=O) groups is 1. The average molecular weight is 235 g/mol. The smallest absolute Gasteiger partial charge is 0.320 e. The molecule has 3 unspecified atom stereocenters. The van der Waals surface area contributed by atoms with Gasteiger partial charge < -0.3 is 10.4 Å². The molecule has 0 spiro atoms. The second-order valence-corrected chi connectivity index (χ2v) is 5.55. The number of aliphatic carboxylic acids is 1. The molecule has 0 aromatic heterocycles. The molecule has 2 N–H and O–H groups in total. The maximum atomic E-state index is 11.1. The van der Waals surface area contributed by atoms with Crippen LogP contribution < -0.4 is 5.32 Å². The topological polar surface area (TPSA) is 66.4 Å². The van der Waals surface area contributed by atoms with E-state index in [-0.39, 0.29) is 5.25 Å². The normalized spacial score (nSPS) is 17.0. The lowest BCUT2D eigenvalue weighted by Gasteiger charge is -2.16. The van der Waals surface area contributed by atoms with Gasteiger partial charge in [-0.3, -0.25) is 9.00 Å². The summed E-state index contributed by atoms with van der Waals surface area (Å²) in [6, 6.07) is -0.504. The number of hydrogen-bond donors (Lipinski definition) is 2.